The average Bonchev–Trinajstić information content (AvgIpc) is 2.79. The van der Waals surface area contributed by atoms with E-state index in [4.69, 9.17) is 16.7 Å². The van der Waals surface area contributed by atoms with Gasteiger partial charge in [0.1, 0.15) is 12.4 Å². The Labute approximate surface area is 149 Å². The molecule has 0 amide bonds. The van der Waals surface area contributed by atoms with Crippen molar-refractivity contribution in [3.63, 3.8) is 0 Å². The van der Waals surface area contributed by atoms with E-state index < -0.39 is 27.7 Å². The number of sulfone groups is 1. The summed E-state index contributed by atoms with van der Waals surface area (Å²) in [5, 5.41) is 9.53. The van der Waals surface area contributed by atoms with Gasteiger partial charge >= 0.3 is 5.97 Å². The van der Waals surface area contributed by atoms with E-state index in [1.165, 1.54) is 41.3 Å². The van der Waals surface area contributed by atoms with Gasteiger partial charge in [0.25, 0.3) is 0 Å². The molecule has 1 aromatic rings. The molecule has 0 saturated carbocycles. The van der Waals surface area contributed by atoms with Crippen LogP contribution in [0.5, 0.6) is 0 Å². The lowest BCUT2D eigenvalue weighted by Crippen LogP contribution is -2.34. The van der Waals surface area contributed by atoms with Crippen molar-refractivity contribution in [2.45, 2.75) is 24.3 Å². The fraction of sp³-hybridized carbons (Fsp3) is 0.235. The number of benzene rings is 1. The van der Waals surface area contributed by atoms with Gasteiger partial charge in [-0.3, -0.25) is 4.79 Å². The number of halogens is 2. The van der Waals surface area contributed by atoms with Gasteiger partial charge < -0.3 is 10.0 Å². The molecule has 25 heavy (non-hydrogen) atoms. The van der Waals surface area contributed by atoms with Crippen molar-refractivity contribution >= 4 is 27.4 Å². The monoisotopic (exact) mass is 383 g/mol. The second-order valence-electron chi connectivity index (χ2n) is 5.84. The highest BCUT2D eigenvalue weighted by molar-refractivity contribution is 7.95. The van der Waals surface area contributed by atoms with Crippen LogP contribution in [0.2, 0.25) is 5.02 Å². The maximum absolute atomic E-state index is 13.8. The Morgan fingerprint density at radius 3 is 2.56 bits per heavy atom. The summed E-state index contributed by atoms with van der Waals surface area (Å²) in [6.07, 6.45) is 2.49. The van der Waals surface area contributed by atoms with Crippen LogP contribution in [0, 0.1) is 0 Å². The number of carbonyl (C=O) groups is 1. The highest BCUT2D eigenvalue weighted by Crippen LogP contribution is 2.43. The van der Waals surface area contributed by atoms with E-state index in [9.17, 15) is 17.6 Å². The quantitative estimate of drug-likeness (QED) is 0.863. The van der Waals surface area contributed by atoms with E-state index >= 15 is 0 Å². The second-order valence-corrected chi connectivity index (χ2v) is 8.19. The minimum Gasteiger partial charge on any atom is -0.480 e. The number of nitrogens with zero attached hydrogens (tertiary/aromatic N) is 1. The van der Waals surface area contributed by atoms with Crippen LogP contribution >= 0.6 is 11.6 Å². The van der Waals surface area contributed by atoms with Crippen LogP contribution in [-0.4, -0.2) is 37.0 Å². The van der Waals surface area contributed by atoms with Gasteiger partial charge in [0, 0.05) is 17.1 Å². The normalized spacial score (nSPS) is 20.3. The Bertz CT molecular complexity index is 932. The Balaban J connectivity index is 2.15. The lowest BCUT2D eigenvalue weighted by Gasteiger charge is -2.25. The summed E-state index contributed by atoms with van der Waals surface area (Å²) in [4.78, 5) is 12.7. The van der Waals surface area contributed by atoms with Crippen molar-refractivity contribution < 1.29 is 22.7 Å². The summed E-state index contributed by atoms with van der Waals surface area (Å²) in [5.41, 5.74) is 0.743. The van der Waals surface area contributed by atoms with E-state index in [0.717, 1.165) is 0 Å². The van der Waals surface area contributed by atoms with Gasteiger partial charge in [-0.15, -0.1) is 0 Å². The van der Waals surface area contributed by atoms with Crippen molar-refractivity contribution in [1.82, 2.24) is 4.90 Å². The first-order chi connectivity index (χ1) is 11.7. The van der Waals surface area contributed by atoms with Gasteiger partial charge in [0.15, 0.2) is 0 Å². The molecule has 0 radical (unpaired) electrons. The molecular formula is C17H15ClFNO4S. The molecular weight excluding hydrogens is 369 g/mol. The van der Waals surface area contributed by atoms with Crippen LogP contribution in [-0.2, 0) is 14.6 Å². The molecule has 1 heterocycles. The number of hydrogen-bond acceptors (Lipinski definition) is 4. The molecule has 1 unspecified atom stereocenters. The SMILES string of the molecule is CC1C(S(=O)(=O)c2ccc(Cl)cc2)=C2CC(F)=CC=C2N1CC(=O)O. The van der Waals surface area contributed by atoms with Crippen LogP contribution in [0.3, 0.4) is 0 Å². The van der Waals surface area contributed by atoms with Gasteiger partial charge in [-0.25, -0.2) is 12.8 Å². The zero-order valence-electron chi connectivity index (χ0n) is 13.2. The molecule has 1 aromatic carbocycles. The molecule has 0 spiro atoms. The van der Waals surface area contributed by atoms with Crippen LogP contribution in [0.1, 0.15) is 13.3 Å². The van der Waals surface area contributed by atoms with E-state index in [-0.39, 0.29) is 22.8 Å². The van der Waals surface area contributed by atoms with Gasteiger partial charge in [-0.1, -0.05) is 11.6 Å². The summed E-state index contributed by atoms with van der Waals surface area (Å²) in [6, 6.07) is 4.99. The topological polar surface area (TPSA) is 74.7 Å². The van der Waals surface area contributed by atoms with E-state index in [2.05, 4.69) is 0 Å². The summed E-state index contributed by atoms with van der Waals surface area (Å²) in [6.45, 7) is 1.24. The zero-order valence-corrected chi connectivity index (χ0v) is 14.8. The first kappa shape index (κ1) is 17.7. The Morgan fingerprint density at radius 1 is 1.32 bits per heavy atom. The predicted molar refractivity (Wildman–Crippen MR) is 91.4 cm³/mol. The smallest absolute Gasteiger partial charge is 0.323 e. The first-order valence-electron chi connectivity index (χ1n) is 7.50. The summed E-state index contributed by atoms with van der Waals surface area (Å²) in [7, 11) is -3.92. The largest absolute Gasteiger partial charge is 0.480 e. The third kappa shape index (κ3) is 3.09. The molecule has 8 heteroatoms. The van der Waals surface area contributed by atoms with E-state index in [1.807, 2.05) is 0 Å². The Morgan fingerprint density at radius 2 is 1.96 bits per heavy atom. The predicted octanol–water partition coefficient (Wildman–Crippen LogP) is 3.30. The first-order valence-corrected chi connectivity index (χ1v) is 9.37. The number of carboxylic acid groups (broad SMARTS) is 1. The van der Waals surface area contributed by atoms with E-state index in [1.54, 1.807) is 6.92 Å². The number of allylic oxidation sites excluding steroid dienone is 4. The standard InChI is InChI=1S/C17H15ClFNO4S/c1-10-17(25(23,24)13-5-2-11(18)3-6-13)14-8-12(19)4-7-15(14)20(10)9-16(21)22/h2-7,10H,8-9H2,1H3,(H,21,22). The second kappa shape index (κ2) is 6.31. The average molecular weight is 384 g/mol. The fourth-order valence-electron chi connectivity index (χ4n) is 3.17. The van der Waals surface area contributed by atoms with Crippen LogP contribution in [0.15, 0.2) is 63.3 Å². The molecule has 1 aliphatic carbocycles. The Hall–Kier alpha value is -2.12. The van der Waals surface area contributed by atoms with Gasteiger partial charge in [-0.2, -0.15) is 0 Å². The number of fused-ring (bicyclic) bond motifs is 1. The summed E-state index contributed by atoms with van der Waals surface area (Å²) < 4.78 is 40.0. The van der Waals surface area contributed by atoms with Crippen molar-refractivity contribution in [3.8, 4) is 0 Å². The third-order valence-corrected chi connectivity index (χ3v) is 6.56. The fourth-order valence-corrected chi connectivity index (χ4v) is 5.12. The molecule has 0 aromatic heterocycles. The van der Waals surface area contributed by atoms with Gasteiger partial charge in [0.2, 0.25) is 9.84 Å². The number of aliphatic carboxylic acids is 1. The summed E-state index contributed by atoms with van der Waals surface area (Å²) >= 11 is 5.81. The molecule has 1 atom stereocenters. The van der Waals surface area contributed by atoms with Crippen molar-refractivity contribution in [2.24, 2.45) is 0 Å². The third-order valence-electron chi connectivity index (χ3n) is 4.25. The molecule has 5 nitrogen and oxygen atoms in total. The molecule has 1 aliphatic heterocycles. The van der Waals surface area contributed by atoms with Crippen molar-refractivity contribution in [2.75, 3.05) is 6.54 Å². The lowest BCUT2D eigenvalue weighted by molar-refractivity contribution is -0.138. The maximum atomic E-state index is 13.8. The van der Waals surface area contributed by atoms with Gasteiger partial charge in [0.05, 0.1) is 15.8 Å². The van der Waals surface area contributed by atoms with E-state index in [0.29, 0.717) is 16.3 Å². The molecule has 132 valence electrons. The highest BCUT2D eigenvalue weighted by atomic mass is 35.5. The summed E-state index contributed by atoms with van der Waals surface area (Å²) in [5.74, 6) is -1.56. The zero-order chi connectivity index (χ0) is 18.4. The van der Waals surface area contributed by atoms with Crippen molar-refractivity contribution in [3.05, 3.63) is 63.4 Å². The van der Waals surface area contributed by atoms with Gasteiger partial charge in [-0.05, 0) is 48.9 Å². The minimum atomic E-state index is -3.92. The van der Waals surface area contributed by atoms with Crippen molar-refractivity contribution in [1.29, 1.82) is 0 Å². The Kier molecular flexibility index (Phi) is 4.47. The lowest BCUT2D eigenvalue weighted by atomic mass is 10.0. The van der Waals surface area contributed by atoms with Crippen LogP contribution in [0.25, 0.3) is 0 Å². The number of carboxylic acids is 1. The molecule has 2 aliphatic rings. The minimum absolute atomic E-state index is 0.0329. The molecule has 0 fully saturated rings. The molecule has 0 bridgehead atoms. The number of rotatable bonds is 4. The highest BCUT2D eigenvalue weighted by Gasteiger charge is 2.42. The molecule has 1 N–H and O–H groups in total. The maximum Gasteiger partial charge on any atom is 0.323 e. The van der Waals surface area contributed by atoms with Crippen LogP contribution < -0.4 is 0 Å². The van der Waals surface area contributed by atoms with Crippen LogP contribution in [0.4, 0.5) is 4.39 Å². The molecule has 0 saturated heterocycles. The molecule has 3 rings (SSSR count). The number of hydrogen-bond donors (Lipinski definition) is 1.